The number of non-ortho nitro benzene ring substituents is 1. The van der Waals surface area contributed by atoms with E-state index in [4.69, 9.17) is 58.5 Å². The van der Waals surface area contributed by atoms with Crippen LogP contribution >= 0.6 is 34.8 Å². The first kappa shape index (κ1) is 61.9. The van der Waals surface area contributed by atoms with Crippen molar-refractivity contribution in [2.24, 2.45) is 5.92 Å². The van der Waals surface area contributed by atoms with Gasteiger partial charge in [0.1, 0.15) is 12.7 Å². The monoisotopic (exact) mass is 1100 g/mol. The van der Waals surface area contributed by atoms with Crippen molar-refractivity contribution in [3.8, 4) is 11.5 Å². The molecular weight excluding hydrogens is 1040 g/mol. The molecule has 3 N–H and O–H groups in total. The molecule has 0 saturated carbocycles. The van der Waals surface area contributed by atoms with Crippen LogP contribution in [0.1, 0.15) is 102 Å². The van der Waals surface area contributed by atoms with Gasteiger partial charge in [-0.2, -0.15) is 0 Å². The number of hydrogen-bond donors (Lipinski definition) is 3. The number of nitrogens with zero attached hydrogens (tertiary/aromatic N) is 3. The molecule has 0 spiro atoms. The number of rotatable bonds is 23. The van der Waals surface area contributed by atoms with Crippen molar-refractivity contribution < 1.29 is 48.1 Å². The third-order valence-electron chi connectivity index (χ3n) is 11.4. The molecule has 5 aromatic rings. The number of dihydropyridines is 1. The molecule has 1 aliphatic heterocycles. The number of halogens is 3. The molecule has 1 aliphatic rings. The second-order valence-electron chi connectivity index (χ2n) is 18.1. The summed E-state index contributed by atoms with van der Waals surface area (Å²) in [5, 5.41) is 28.6. The van der Waals surface area contributed by atoms with E-state index >= 15 is 0 Å². The zero-order valence-corrected chi connectivity index (χ0v) is 46.4. The summed E-state index contributed by atoms with van der Waals surface area (Å²) in [7, 11) is 2.99. The molecule has 4 aromatic carbocycles. The molecule has 408 valence electrons. The van der Waals surface area contributed by atoms with Gasteiger partial charge in [0.05, 0.1) is 61.3 Å². The van der Waals surface area contributed by atoms with Crippen molar-refractivity contribution in [3.05, 3.63) is 186 Å². The summed E-state index contributed by atoms with van der Waals surface area (Å²) in [6, 6.07) is 23.9. The predicted octanol–water partition coefficient (Wildman–Crippen LogP) is 12.6. The maximum Gasteiger partial charge on any atom is 0.337 e. The maximum absolute atomic E-state index is 12.9. The number of methoxy groups -OCH3 is 2. The minimum Gasteiger partial charge on any atom is -0.504 e. The van der Waals surface area contributed by atoms with Gasteiger partial charge in [0.2, 0.25) is 5.91 Å². The van der Waals surface area contributed by atoms with Crippen LogP contribution in [0.15, 0.2) is 138 Å². The highest BCUT2D eigenvalue weighted by molar-refractivity contribution is 6.35. The van der Waals surface area contributed by atoms with Crippen LogP contribution in [0.2, 0.25) is 15.1 Å². The third kappa shape index (κ3) is 20.4. The van der Waals surface area contributed by atoms with Gasteiger partial charge in [-0.1, -0.05) is 97.2 Å². The highest BCUT2D eigenvalue weighted by Crippen LogP contribution is 2.40. The fraction of sp³-hybridized carbons (Fsp3) is 0.368. The number of imidazole rings is 1. The second kappa shape index (κ2) is 32.0. The number of esters is 2. The summed E-state index contributed by atoms with van der Waals surface area (Å²) in [5.74, 6) is -0.967. The average molecular weight is 1110 g/mol. The number of carbonyl (C=O) groups excluding carboxylic acids is 3. The SMILES string of the molecule is COCCOC(=O)C1=C(C)NC(C)=C(C(=O)OC(C)C)C1c1cccc([N+](=O)[O-])c1.COc1cc(CNC(=O)CCCC/C=C/C(C)C)ccc1O.Clc1ccc(COC(Cn2ccnc2)c2ccc(Cl)cc2Cl)cc1. The first-order chi connectivity index (χ1) is 36.3. The lowest BCUT2D eigenvalue weighted by Gasteiger charge is -2.30. The minimum absolute atomic E-state index is 0.0300. The quantitative estimate of drug-likeness (QED) is 0.0183. The topological polar surface area (TPSA) is 203 Å². The first-order valence-electron chi connectivity index (χ1n) is 24.7. The summed E-state index contributed by atoms with van der Waals surface area (Å²) in [6.45, 7) is 12.9. The van der Waals surface area contributed by atoms with E-state index in [9.17, 15) is 29.6 Å². The van der Waals surface area contributed by atoms with E-state index in [0.717, 1.165) is 36.0 Å². The van der Waals surface area contributed by atoms with Crippen LogP contribution in [0.25, 0.3) is 0 Å². The van der Waals surface area contributed by atoms with Gasteiger partial charge in [-0.05, 0) is 106 Å². The van der Waals surface area contributed by atoms with Crippen molar-refractivity contribution in [1.82, 2.24) is 20.2 Å². The zero-order chi connectivity index (χ0) is 55.7. The highest BCUT2D eigenvalue weighted by Gasteiger charge is 2.39. The van der Waals surface area contributed by atoms with Gasteiger partial charge in [-0.15, -0.1) is 0 Å². The summed E-state index contributed by atoms with van der Waals surface area (Å²) >= 11 is 18.3. The van der Waals surface area contributed by atoms with Crippen LogP contribution in [-0.4, -0.2) is 71.0 Å². The van der Waals surface area contributed by atoms with Gasteiger partial charge in [-0.25, -0.2) is 14.6 Å². The average Bonchev–Trinajstić information content (AvgIpc) is 3.90. The van der Waals surface area contributed by atoms with Gasteiger partial charge in [0, 0.05) is 76.6 Å². The Balaban J connectivity index is 0.000000250. The second-order valence-corrected chi connectivity index (χ2v) is 19.4. The van der Waals surface area contributed by atoms with Crippen LogP contribution < -0.4 is 15.4 Å². The lowest BCUT2D eigenvalue weighted by Crippen LogP contribution is -2.33. The highest BCUT2D eigenvalue weighted by atomic mass is 35.5. The Morgan fingerprint density at radius 3 is 2.21 bits per heavy atom. The Bertz CT molecular complexity index is 2780. The van der Waals surface area contributed by atoms with E-state index < -0.39 is 22.8 Å². The predicted molar refractivity (Wildman–Crippen MR) is 295 cm³/mol. The maximum atomic E-state index is 12.9. The standard InChI is InChI=1S/C21H26N2O7.C18H15Cl3N2O.C18H27NO3/c1-12(2)30-21(25)18-14(4)22-13(3)17(20(24)29-10-9-28-5)19(18)15-7-6-8-16(11-15)23(26)27;19-14-3-1-13(2-4-14)11-24-18(10-23-8-7-22-12-23)16-6-5-15(20)9-17(16)21;1-14(2)8-6-4-5-7-9-18(21)19-13-15-10-11-16(20)17(12-15)22-3/h6-8,11-12,19,22H,9-10H2,1-5H3;1-9,12,18H,10-11H2;6,8,10-12,14,20H,4-5,7,9,13H2,1-3H3,(H,19,21)/b;;8-6+. The molecule has 0 fully saturated rings. The van der Waals surface area contributed by atoms with Crippen molar-refractivity contribution >= 4 is 58.3 Å². The first-order valence-corrected chi connectivity index (χ1v) is 25.8. The Morgan fingerprint density at radius 2 is 1.58 bits per heavy atom. The van der Waals surface area contributed by atoms with Gasteiger partial charge >= 0.3 is 11.9 Å². The number of amides is 1. The van der Waals surface area contributed by atoms with Crippen molar-refractivity contribution in [3.63, 3.8) is 0 Å². The number of nitrogens with one attached hydrogen (secondary N) is 2. The molecule has 76 heavy (non-hydrogen) atoms. The van der Waals surface area contributed by atoms with Crippen LogP contribution in [0.3, 0.4) is 0 Å². The van der Waals surface area contributed by atoms with Crippen LogP contribution in [0.5, 0.6) is 11.5 Å². The number of nitro benzene ring substituents is 1. The smallest absolute Gasteiger partial charge is 0.337 e. The Hall–Kier alpha value is -6.69. The summed E-state index contributed by atoms with van der Waals surface area (Å²) in [6.07, 6.45) is 12.7. The molecule has 0 radical (unpaired) electrons. The number of carbonyl (C=O) groups is 3. The Morgan fingerprint density at radius 1 is 0.882 bits per heavy atom. The van der Waals surface area contributed by atoms with Crippen molar-refractivity contribution in [1.29, 1.82) is 0 Å². The molecule has 6 rings (SSSR count). The third-order valence-corrected chi connectivity index (χ3v) is 12.2. The van der Waals surface area contributed by atoms with Crippen molar-refractivity contribution in [2.45, 2.75) is 105 Å². The molecule has 2 atom stereocenters. The van der Waals surface area contributed by atoms with Crippen LogP contribution in [0.4, 0.5) is 5.69 Å². The molecule has 2 heterocycles. The number of aromatic hydroxyl groups is 1. The summed E-state index contributed by atoms with van der Waals surface area (Å²) < 4.78 is 28.7. The molecule has 1 aromatic heterocycles. The number of ether oxygens (including phenoxy) is 5. The molecule has 19 heteroatoms. The number of phenols is 1. The number of unbranched alkanes of at least 4 members (excludes halogenated alkanes) is 2. The zero-order valence-electron chi connectivity index (χ0n) is 44.1. The van der Waals surface area contributed by atoms with E-state index in [1.54, 1.807) is 70.6 Å². The molecule has 1 amide bonds. The lowest BCUT2D eigenvalue weighted by atomic mass is 9.80. The molecule has 16 nitrogen and oxygen atoms in total. The Labute approximate surface area is 460 Å². The van der Waals surface area contributed by atoms with Gasteiger partial charge in [0.15, 0.2) is 11.5 Å². The minimum atomic E-state index is -0.882. The van der Waals surface area contributed by atoms with Crippen LogP contribution in [0, 0.1) is 16.0 Å². The summed E-state index contributed by atoms with van der Waals surface area (Å²) in [5.41, 5.74) is 4.49. The number of aromatic nitrogens is 2. The van der Waals surface area contributed by atoms with E-state index in [2.05, 4.69) is 41.6 Å². The molecule has 0 bridgehead atoms. The largest absolute Gasteiger partial charge is 0.504 e. The Kier molecular flexibility index (Phi) is 26.1. The van der Waals surface area contributed by atoms with E-state index in [1.165, 1.54) is 32.4 Å². The van der Waals surface area contributed by atoms with E-state index in [0.29, 0.717) is 69.8 Å². The van der Waals surface area contributed by atoms with Gasteiger partial charge in [0.25, 0.3) is 5.69 Å². The number of phenolic OH excluding ortho intramolecular Hbond substituents is 1. The van der Waals surface area contributed by atoms with Crippen molar-refractivity contribution in [2.75, 3.05) is 27.4 Å². The normalized spacial score (nSPS) is 13.6. The van der Waals surface area contributed by atoms with Crippen LogP contribution in [-0.2, 0) is 53.0 Å². The summed E-state index contributed by atoms with van der Waals surface area (Å²) in [4.78, 5) is 52.4. The fourth-order valence-electron chi connectivity index (χ4n) is 7.66. The molecule has 0 saturated heterocycles. The van der Waals surface area contributed by atoms with E-state index in [1.807, 2.05) is 47.2 Å². The van der Waals surface area contributed by atoms with Gasteiger partial charge in [-0.3, -0.25) is 14.9 Å². The number of nitro groups is 1. The molecule has 2 unspecified atom stereocenters. The van der Waals surface area contributed by atoms with E-state index in [-0.39, 0.29) is 53.9 Å². The number of allylic oxidation sites excluding steroid dienone is 4. The fourth-order valence-corrected chi connectivity index (χ4v) is 8.32. The number of hydrogen-bond acceptors (Lipinski definition) is 13. The van der Waals surface area contributed by atoms with Gasteiger partial charge < -0.3 is 44.0 Å². The molecular formula is C57H68Cl3N5O11. The molecule has 0 aliphatic carbocycles. The number of benzene rings is 4. The lowest BCUT2D eigenvalue weighted by molar-refractivity contribution is -0.384.